The van der Waals surface area contributed by atoms with Crippen LogP contribution in [-0.4, -0.2) is 49.6 Å². The summed E-state index contributed by atoms with van der Waals surface area (Å²) in [6.07, 6.45) is 1.59. The third-order valence-corrected chi connectivity index (χ3v) is 4.10. The molecule has 0 spiro atoms. The third-order valence-electron chi connectivity index (χ3n) is 4.10. The van der Waals surface area contributed by atoms with Crippen molar-refractivity contribution in [3.63, 3.8) is 0 Å². The predicted molar refractivity (Wildman–Crippen MR) is 87.6 cm³/mol. The first-order chi connectivity index (χ1) is 10.2. The first-order valence-electron chi connectivity index (χ1n) is 8.00. The average Bonchev–Trinajstić information content (AvgIpc) is 2.54. The smallest absolute Gasteiger partial charge is 0.219 e. The maximum Gasteiger partial charge on any atom is 0.219 e. The number of carbonyl (C=O) groups excluding carboxylic acids is 1. The first kappa shape index (κ1) is 15.8. The Labute approximate surface area is 128 Å². The Hall–Kier alpha value is -1.55. The highest BCUT2D eigenvalue weighted by Gasteiger charge is 2.17. The normalized spacial score (nSPS) is 17.5. The predicted octanol–water partition coefficient (Wildman–Crippen LogP) is 2.11. The summed E-state index contributed by atoms with van der Waals surface area (Å²) < 4.78 is 0. The summed E-state index contributed by atoms with van der Waals surface area (Å²) in [5, 5.41) is 3.03. The quantitative estimate of drug-likeness (QED) is 0.871. The van der Waals surface area contributed by atoms with Crippen molar-refractivity contribution in [2.45, 2.75) is 32.7 Å². The van der Waals surface area contributed by atoms with E-state index in [1.165, 1.54) is 5.69 Å². The van der Waals surface area contributed by atoms with Gasteiger partial charge in [-0.25, -0.2) is 0 Å². The molecule has 1 atom stereocenters. The van der Waals surface area contributed by atoms with Gasteiger partial charge in [-0.1, -0.05) is 25.1 Å². The zero-order chi connectivity index (χ0) is 15.1. The van der Waals surface area contributed by atoms with E-state index in [0.717, 1.165) is 39.1 Å². The minimum Gasteiger partial charge on any atom is -0.369 e. The summed E-state index contributed by atoms with van der Waals surface area (Å²) in [6, 6.07) is 10.9. The standard InChI is InChI=1S/C17H27N3O/c1-3-17(21)18-15(2)9-10-19-11-13-20(14-12-19)16-7-5-4-6-8-16/h4-8,15H,3,9-14H2,1-2H3,(H,18,21). The molecule has 1 N–H and O–H groups in total. The lowest BCUT2D eigenvalue weighted by molar-refractivity contribution is -0.121. The van der Waals surface area contributed by atoms with Crippen LogP contribution < -0.4 is 10.2 Å². The SMILES string of the molecule is CCC(=O)NC(C)CCN1CCN(c2ccccc2)CC1. The van der Waals surface area contributed by atoms with Gasteiger partial charge in [-0.15, -0.1) is 0 Å². The van der Waals surface area contributed by atoms with Gasteiger partial charge in [-0.3, -0.25) is 9.69 Å². The van der Waals surface area contributed by atoms with E-state index in [1.807, 2.05) is 6.92 Å². The number of para-hydroxylation sites is 1. The van der Waals surface area contributed by atoms with Gasteiger partial charge in [0.2, 0.25) is 5.91 Å². The number of benzene rings is 1. The molecule has 0 aromatic heterocycles. The van der Waals surface area contributed by atoms with E-state index in [2.05, 4.69) is 52.4 Å². The molecule has 1 fully saturated rings. The lowest BCUT2D eigenvalue weighted by Crippen LogP contribution is -2.47. The van der Waals surface area contributed by atoms with Crippen LogP contribution in [0.15, 0.2) is 30.3 Å². The summed E-state index contributed by atoms with van der Waals surface area (Å²) in [6.45, 7) is 9.42. The van der Waals surface area contributed by atoms with Gasteiger partial charge >= 0.3 is 0 Å². The number of nitrogens with zero attached hydrogens (tertiary/aromatic N) is 2. The molecule has 1 aliphatic heterocycles. The summed E-state index contributed by atoms with van der Waals surface area (Å²) in [4.78, 5) is 16.3. The first-order valence-corrected chi connectivity index (χ1v) is 8.00. The number of anilines is 1. The molecule has 0 radical (unpaired) electrons. The molecule has 116 valence electrons. The minimum absolute atomic E-state index is 0.149. The van der Waals surface area contributed by atoms with E-state index in [-0.39, 0.29) is 11.9 Å². The average molecular weight is 289 g/mol. The second kappa shape index (κ2) is 8.03. The molecule has 1 amide bonds. The van der Waals surface area contributed by atoms with Gasteiger partial charge in [0, 0.05) is 50.9 Å². The number of piperazine rings is 1. The van der Waals surface area contributed by atoms with Gasteiger partial charge in [-0.2, -0.15) is 0 Å². The molecule has 21 heavy (non-hydrogen) atoms. The van der Waals surface area contributed by atoms with Crippen LogP contribution in [-0.2, 0) is 4.79 Å². The van der Waals surface area contributed by atoms with Gasteiger partial charge in [-0.05, 0) is 25.5 Å². The molecule has 1 unspecified atom stereocenters. The Morgan fingerprint density at radius 3 is 2.48 bits per heavy atom. The molecule has 0 saturated carbocycles. The maximum absolute atomic E-state index is 11.3. The highest BCUT2D eigenvalue weighted by atomic mass is 16.1. The Morgan fingerprint density at radius 1 is 1.19 bits per heavy atom. The van der Waals surface area contributed by atoms with E-state index in [9.17, 15) is 4.79 Å². The minimum atomic E-state index is 0.149. The summed E-state index contributed by atoms with van der Waals surface area (Å²) >= 11 is 0. The van der Waals surface area contributed by atoms with Crippen LogP contribution in [0.2, 0.25) is 0 Å². The van der Waals surface area contributed by atoms with Crippen LogP contribution in [0, 0.1) is 0 Å². The number of amides is 1. The van der Waals surface area contributed by atoms with Crippen LogP contribution in [0.3, 0.4) is 0 Å². The molecule has 1 saturated heterocycles. The van der Waals surface area contributed by atoms with Crippen molar-refractivity contribution in [2.24, 2.45) is 0 Å². The van der Waals surface area contributed by atoms with Gasteiger partial charge < -0.3 is 10.2 Å². The Bertz CT molecular complexity index is 427. The largest absolute Gasteiger partial charge is 0.369 e. The number of nitrogens with one attached hydrogen (secondary N) is 1. The molecular weight excluding hydrogens is 262 g/mol. The fourth-order valence-electron chi connectivity index (χ4n) is 2.69. The fraction of sp³-hybridized carbons (Fsp3) is 0.588. The molecule has 1 aromatic carbocycles. The lowest BCUT2D eigenvalue weighted by atomic mass is 10.2. The molecule has 2 rings (SSSR count). The molecule has 4 nitrogen and oxygen atoms in total. The number of carbonyl (C=O) groups is 1. The van der Waals surface area contributed by atoms with Crippen molar-refractivity contribution in [2.75, 3.05) is 37.6 Å². The van der Waals surface area contributed by atoms with Crippen molar-refractivity contribution < 1.29 is 4.79 Å². The topological polar surface area (TPSA) is 35.6 Å². The van der Waals surface area contributed by atoms with Gasteiger partial charge in [0.15, 0.2) is 0 Å². The van der Waals surface area contributed by atoms with Crippen LogP contribution in [0.4, 0.5) is 5.69 Å². The third kappa shape index (κ3) is 5.05. The summed E-state index contributed by atoms with van der Waals surface area (Å²) in [7, 11) is 0. The van der Waals surface area contributed by atoms with Crippen molar-refractivity contribution in [3.05, 3.63) is 30.3 Å². The maximum atomic E-state index is 11.3. The molecular formula is C17H27N3O. The highest BCUT2D eigenvalue weighted by molar-refractivity contribution is 5.75. The molecule has 1 heterocycles. The Kier molecular flexibility index (Phi) is 6.05. The van der Waals surface area contributed by atoms with Crippen molar-refractivity contribution >= 4 is 11.6 Å². The van der Waals surface area contributed by atoms with Crippen LogP contribution in [0.1, 0.15) is 26.7 Å². The molecule has 0 bridgehead atoms. The van der Waals surface area contributed by atoms with E-state index in [0.29, 0.717) is 6.42 Å². The van der Waals surface area contributed by atoms with Gasteiger partial charge in [0.25, 0.3) is 0 Å². The second-order valence-corrected chi connectivity index (χ2v) is 5.78. The van der Waals surface area contributed by atoms with Crippen LogP contribution in [0.25, 0.3) is 0 Å². The van der Waals surface area contributed by atoms with E-state index >= 15 is 0 Å². The van der Waals surface area contributed by atoms with Crippen molar-refractivity contribution in [1.29, 1.82) is 0 Å². The number of rotatable bonds is 6. The molecule has 1 aromatic rings. The van der Waals surface area contributed by atoms with E-state index in [1.54, 1.807) is 0 Å². The second-order valence-electron chi connectivity index (χ2n) is 5.78. The number of hydrogen-bond donors (Lipinski definition) is 1. The zero-order valence-electron chi connectivity index (χ0n) is 13.2. The molecule has 1 aliphatic rings. The Balaban J connectivity index is 1.68. The van der Waals surface area contributed by atoms with Crippen LogP contribution >= 0.6 is 0 Å². The van der Waals surface area contributed by atoms with Crippen molar-refractivity contribution in [3.8, 4) is 0 Å². The van der Waals surface area contributed by atoms with E-state index < -0.39 is 0 Å². The lowest BCUT2D eigenvalue weighted by Gasteiger charge is -2.36. The van der Waals surface area contributed by atoms with E-state index in [4.69, 9.17) is 0 Å². The molecule has 0 aliphatic carbocycles. The fourth-order valence-corrected chi connectivity index (χ4v) is 2.69. The summed E-state index contributed by atoms with van der Waals surface area (Å²) in [5.41, 5.74) is 1.32. The highest BCUT2D eigenvalue weighted by Crippen LogP contribution is 2.15. The van der Waals surface area contributed by atoms with Gasteiger partial charge in [0.1, 0.15) is 0 Å². The van der Waals surface area contributed by atoms with Crippen molar-refractivity contribution in [1.82, 2.24) is 10.2 Å². The monoisotopic (exact) mass is 289 g/mol. The molecule has 4 heteroatoms. The van der Waals surface area contributed by atoms with Gasteiger partial charge in [0.05, 0.1) is 0 Å². The van der Waals surface area contributed by atoms with Crippen LogP contribution in [0.5, 0.6) is 0 Å². The zero-order valence-corrected chi connectivity index (χ0v) is 13.2. The summed E-state index contributed by atoms with van der Waals surface area (Å²) in [5.74, 6) is 0.149. The Morgan fingerprint density at radius 2 is 1.86 bits per heavy atom. The number of hydrogen-bond acceptors (Lipinski definition) is 3.